The van der Waals surface area contributed by atoms with Crippen LogP contribution in [-0.4, -0.2) is 82.3 Å². The zero-order valence-electron chi connectivity index (χ0n) is 17.7. The first-order valence-corrected chi connectivity index (χ1v) is 9.86. The molecule has 0 aliphatic heterocycles. The molecule has 178 valence electrons. The first-order valence-electron chi connectivity index (χ1n) is 9.86. The number of amides is 3. The summed E-state index contributed by atoms with van der Waals surface area (Å²) in [5.74, 6) is -5.58. The number of aliphatic carboxylic acids is 2. The van der Waals surface area contributed by atoms with Gasteiger partial charge >= 0.3 is 11.9 Å². The molecule has 0 fully saturated rings. The lowest BCUT2D eigenvalue weighted by Gasteiger charge is -2.25. The highest BCUT2D eigenvalue weighted by Gasteiger charge is 2.31. The van der Waals surface area contributed by atoms with Crippen LogP contribution in [0.1, 0.15) is 39.5 Å². The molecule has 0 aromatic rings. The molecule has 0 aliphatic carbocycles. The van der Waals surface area contributed by atoms with Crippen molar-refractivity contribution in [1.82, 2.24) is 16.0 Å². The number of nitrogens with two attached hydrogens (primary N) is 2. The maximum absolute atomic E-state index is 12.6. The highest BCUT2D eigenvalue weighted by Crippen LogP contribution is 2.06. The van der Waals surface area contributed by atoms with E-state index in [4.69, 9.17) is 16.6 Å². The number of carbonyl (C=O) groups excluding carboxylic acids is 3. The first-order chi connectivity index (χ1) is 14.4. The molecule has 0 spiro atoms. The van der Waals surface area contributed by atoms with Crippen molar-refractivity contribution in [3.63, 3.8) is 0 Å². The molecule has 10 N–H and O–H groups in total. The summed E-state index contributed by atoms with van der Waals surface area (Å²) in [4.78, 5) is 59.0. The number of carbonyl (C=O) groups is 5. The van der Waals surface area contributed by atoms with E-state index in [9.17, 15) is 34.2 Å². The Morgan fingerprint density at radius 3 is 1.87 bits per heavy atom. The Morgan fingerprint density at radius 2 is 1.42 bits per heavy atom. The van der Waals surface area contributed by atoms with E-state index in [2.05, 4.69) is 16.0 Å². The van der Waals surface area contributed by atoms with E-state index < -0.39 is 72.8 Å². The second-order valence-corrected chi connectivity index (χ2v) is 7.36. The molecular formula is C18H33N5O8. The fourth-order valence-electron chi connectivity index (χ4n) is 2.56. The van der Waals surface area contributed by atoms with Gasteiger partial charge in [-0.1, -0.05) is 13.8 Å². The molecule has 31 heavy (non-hydrogen) atoms. The summed E-state index contributed by atoms with van der Waals surface area (Å²) >= 11 is 0. The summed E-state index contributed by atoms with van der Waals surface area (Å²) in [6.07, 6.45) is 0.468. The smallest absolute Gasteiger partial charge is 0.326 e. The van der Waals surface area contributed by atoms with E-state index in [-0.39, 0.29) is 6.42 Å². The standard InChI is InChI=1S/C18H33N5O8/c1-9(2)14(18(30)31)23-16(28)11(5-3-4-6-19)21-17(29)12(8-24)22-15(27)10(20)7-13(25)26/h9-12,14,24H,3-8,19-20H2,1-2H3,(H,21,29)(H,22,27)(H,23,28)(H,25,26)(H,30,31). The second kappa shape index (κ2) is 14.3. The van der Waals surface area contributed by atoms with Crippen molar-refractivity contribution in [2.45, 2.75) is 63.7 Å². The van der Waals surface area contributed by atoms with Gasteiger partial charge in [0.05, 0.1) is 19.1 Å². The Bertz CT molecular complexity index is 642. The number of aliphatic hydroxyl groups is 1. The van der Waals surface area contributed by atoms with Crippen molar-refractivity contribution in [3.05, 3.63) is 0 Å². The molecule has 0 radical (unpaired) electrons. The third-order valence-corrected chi connectivity index (χ3v) is 4.36. The zero-order valence-corrected chi connectivity index (χ0v) is 17.7. The molecule has 0 aromatic heterocycles. The van der Waals surface area contributed by atoms with E-state index in [1.54, 1.807) is 13.8 Å². The van der Waals surface area contributed by atoms with Crippen LogP contribution in [0.15, 0.2) is 0 Å². The topological polar surface area (TPSA) is 234 Å². The van der Waals surface area contributed by atoms with Gasteiger partial charge in [-0.15, -0.1) is 0 Å². The second-order valence-electron chi connectivity index (χ2n) is 7.36. The van der Waals surface area contributed by atoms with Crippen molar-refractivity contribution in [2.75, 3.05) is 13.2 Å². The van der Waals surface area contributed by atoms with Gasteiger partial charge in [-0.25, -0.2) is 4.79 Å². The molecule has 0 heterocycles. The Balaban J connectivity index is 5.26. The Kier molecular flexibility index (Phi) is 13.0. The summed E-state index contributed by atoms with van der Waals surface area (Å²) < 4.78 is 0. The number of carboxylic acid groups (broad SMARTS) is 2. The van der Waals surface area contributed by atoms with Crippen LogP contribution in [0.2, 0.25) is 0 Å². The van der Waals surface area contributed by atoms with Gasteiger partial charge in [-0.3, -0.25) is 19.2 Å². The molecular weight excluding hydrogens is 414 g/mol. The molecule has 0 aliphatic rings. The van der Waals surface area contributed by atoms with Crippen molar-refractivity contribution in [2.24, 2.45) is 17.4 Å². The highest BCUT2D eigenvalue weighted by atomic mass is 16.4. The van der Waals surface area contributed by atoms with Gasteiger partial charge < -0.3 is 42.7 Å². The fraction of sp³-hybridized carbons (Fsp3) is 0.722. The summed E-state index contributed by atoms with van der Waals surface area (Å²) in [7, 11) is 0. The highest BCUT2D eigenvalue weighted by molar-refractivity contribution is 5.94. The molecule has 13 heteroatoms. The molecule has 13 nitrogen and oxygen atoms in total. The Hall–Kier alpha value is -2.77. The minimum Gasteiger partial charge on any atom is -0.481 e. The molecule has 0 saturated heterocycles. The maximum atomic E-state index is 12.6. The van der Waals surface area contributed by atoms with Crippen LogP contribution in [0.5, 0.6) is 0 Å². The number of carboxylic acids is 2. The lowest BCUT2D eigenvalue weighted by Crippen LogP contribution is -2.58. The SMILES string of the molecule is CC(C)C(NC(=O)C(CCCCN)NC(=O)C(CO)NC(=O)C(N)CC(=O)O)C(=O)O. The Morgan fingerprint density at radius 1 is 0.871 bits per heavy atom. The van der Waals surface area contributed by atoms with E-state index in [1.807, 2.05) is 0 Å². The minimum absolute atomic E-state index is 0.143. The van der Waals surface area contributed by atoms with E-state index >= 15 is 0 Å². The van der Waals surface area contributed by atoms with Crippen LogP contribution in [0.25, 0.3) is 0 Å². The maximum Gasteiger partial charge on any atom is 0.326 e. The molecule has 0 aromatic carbocycles. The van der Waals surface area contributed by atoms with Crippen LogP contribution < -0.4 is 27.4 Å². The van der Waals surface area contributed by atoms with Gasteiger partial charge in [0.1, 0.15) is 18.1 Å². The van der Waals surface area contributed by atoms with Gasteiger partial charge in [0.15, 0.2) is 0 Å². The average molecular weight is 447 g/mol. The van der Waals surface area contributed by atoms with Gasteiger partial charge in [-0.05, 0) is 31.7 Å². The zero-order chi connectivity index (χ0) is 24.1. The van der Waals surface area contributed by atoms with E-state index in [0.29, 0.717) is 19.4 Å². The number of hydrogen-bond acceptors (Lipinski definition) is 8. The number of hydrogen-bond donors (Lipinski definition) is 8. The fourth-order valence-corrected chi connectivity index (χ4v) is 2.56. The normalized spacial score (nSPS) is 14.8. The minimum atomic E-state index is -1.49. The van der Waals surface area contributed by atoms with Crippen molar-refractivity contribution >= 4 is 29.7 Å². The number of nitrogens with one attached hydrogen (secondary N) is 3. The first kappa shape index (κ1) is 28.2. The van der Waals surface area contributed by atoms with Crippen LogP contribution in [0, 0.1) is 5.92 Å². The van der Waals surface area contributed by atoms with E-state index in [0.717, 1.165) is 0 Å². The van der Waals surface area contributed by atoms with Crippen LogP contribution in [0.3, 0.4) is 0 Å². The van der Waals surface area contributed by atoms with Gasteiger partial charge in [0, 0.05) is 0 Å². The lowest BCUT2D eigenvalue weighted by atomic mass is 10.0. The largest absolute Gasteiger partial charge is 0.481 e. The molecule has 0 saturated carbocycles. The average Bonchev–Trinajstić information content (AvgIpc) is 2.67. The predicted molar refractivity (Wildman–Crippen MR) is 108 cm³/mol. The quantitative estimate of drug-likeness (QED) is 0.119. The number of aliphatic hydroxyl groups excluding tert-OH is 1. The molecule has 0 bridgehead atoms. The van der Waals surface area contributed by atoms with Crippen molar-refractivity contribution in [1.29, 1.82) is 0 Å². The lowest BCUT2D eigenvalue weighted by molar-refractivity contribution is -0.143. The molecule has 0 rings (SSSR count). The third kappa shape index (κ3) is 10.7. The van der Waals surface area contributed by atoms with E-state index in [1.165, 1.54) is 0 Å². The molecule has 4 atom stereocenters. The van der Waals surface area contributed by atoms with Gasteiger partial charge in [0.25, 0.3) is 0 Å². The molecule has 4 unspecified atom stereocenters. The van der Waals surface area contributed by atoms with Crippen LogP contribution in [-0.2, 0) is 24.0 Å². The Labute approximate surface area is 179 Å². The summed E-state index contributed by atoms with van der Waals surface area (Å²) in [5, 5.41) is 34.2. The number of unbranched alkanes of at least 4 members (excludes halogenated alkanes) is 1. The van der Waals surface area contributed by atoms with Gasteiger partial charge in [0.2, 0.25) is 17.7 Å². The summed E-state index contributed by atoms with van der Waals surface area (Å²) in [5.41, 5.74) is 10.9. The van der Waals surface area contributed by atoms with Crippen LogP contribution in [0.4, 0.5) is 0 Å². The molecule has 3 amide bonds. The monoisotopic (exact) mass is 447 g/mol. The van der Waals surface area contributed by atoms with Crippen molar-refractivity contribution in [3.8, 4) is 0 Å². The van der Waals surface area contributed by atoms with Crippen LogP contribution >= 0.6 is 0 Å². The predicted octanol–water partition coefficient (Wildman–Crippen LogP) is -2.90. The number of rotatable bonds is 15. The summed E-state index contributed by atoms with van der Waals surface area (Å²) in [6.45, 7) is 2.73. The summed E-state index contributed by atoms with van der Waals surface area (Å²) in [6, 6.07) is -5.25. The third-order valence-electron chi connectivity index (χ3n) is 4.36. The van der Waals surface area contributed by atoms with Crippen molar-refractivity contribution < 1.29 is 39.3 Å². The van der Waals surface area contributed by atoms with Gasteiger partial charge in [-0.2, -0.15) is 0 Å².